The molecule has 0 heterocycles. The van der Waals surface area contributed by atoms with E-state index in [1.807, 2.05) is 25.8 Å². The SMILES string of the molecule is C=CN=C(C)N(C)CC(=C)C. The second-order valence-corrected chi connectivity index (χ2v) is 2.67. The van der Waals surface area contributed by atoms with Crippen LogP contribution in [0.2, 0.25) is 0 Å². The third-order valence-electron chi connectivity index (χ3n) is 1.34. The molecule has 0 aromatic rings. The molecular formula is C9H16N2. The molecule has 11 heavy (non-hydrogen) atoms. The number of rotatable bonds is 3. The van der Waals surface area contributed by atoms with E-state index in [0.29, 0.717) is 0 Å². The van der Waals surface area contributed by atoms with Crippen molar-refractivity contribution in [3.8, 4) is 0 Å². The van der Waals surface area contributed by atoms with Gasteiger partial charge in [-0.2, -0.15) is 0 Å². The molecule has 2 heteroatoms. The van der Waals surface area contributed by atoms with Crippen LogP contribution in [0.4, 0.5) is 0 Å². The topological polar surface area (TPSA) is 15.6 Å². The Morgan fingerprint density at radius 1 is 1.55 bits per heavy atom. The van der Waals surface area contributed by atoms with E-state index in [2.05, 4.69) is 18.2 Å². The molecule has 0 bridgehead atoms. The summed E-state index contributed by atoms with van der Waals surface area (Å²) in [5, 5.41) is 0. The quantitative estimate of drug-likeness (QED) is 0.343. The fraction of sp³-hybridized carbons (Fsp3) is 0.444. The predicted molar refractivity (Wildman–Crippen MR) is 50.8 cm³/mol. The molecule has 0 radical (unpaired) electrons. The van der Waals surface area contributed by atoms with Crippen LogP contribution in [0.25, 0.3) is 0 Å². The zero-order valence-corrected chi connectivity index (χ0v) is 7.59. The predicted octanol–water partition coefficient (Wildman–Crippen LogP) is 2.06. The average Bonchev–Trinajstić information content (AvgIpc) is 1.86. The molecular weight excluding hydrogens is 136 g/mol. The summed E-state index contributed by atoms with van der Waals surface area (Å²) in [7, 11) is 1.98. The molecule has 0 spiro atoms. The lowest BCUT2D eigenvalue weighted by molar-refractivity contribution is 0.546. The van der Waals surface area contributed by atoms with Crippen LogP contribution in [-0.4, -0.2) is 24.3 Å². The normalized spacial score (nSPS) is 11.0. The van der Waals surface area contributed by atoms with Crippen LogP contribution in [0.3, 0.4) is 0 Å². The number of hydrogen-bond acceptors (Lipinski definition) is 1. The van der Waals surface area contributed by atoms with E-state index in [1.165, 1.54) is 0 Å². The summed E-state index contributed by atoms with van der Waals surface area (Å²) in [5.41, 5.74) is 1.13. The molecule has 0 aromatic heterocycles. The van der Waals surface area contributed by atoms with E-state index in [0.717, 1.165) is 18.0 Å². The van der Waals surface area contributed by atoms with Gasteiger partial charge in [-0.1, -0.05) is 18.7 Å². The van der Waals surface area contributed by atoms with Gasteiger partial charge in [0.15, 0.2) is 0 Å². The van der Waals surface area contributed by atoms with Crippen LogP contribution in [-0.2, 0) is 0 Å². The zero-order valence-electron chi connectivity index (χ0n) is 7.59. The Balaban J connectivity index is 4.02. The van der Waals surface area contributed by atoms with Crippen molar-refractivity contribution in [2.45, 2.75) is 13.8 Å². The van der Waals surface area contributed by atoms with Crippen molar-refractivity contribution in [1.29, 1.82) is 0 Å². The monoisotopic (exact) mass is 152 g/mol. The first-order chi connectivity index (χ1) is 5.07. The van der Waals surface area contributed by atoms with Crippen LogP contribution < -0.4 is 0 Å². The van der Waals surface area contributed by atoms with Crippen LogP contribution in [0.5, 0.6) is 0 Å². The fourth-order valence-corrected chi connectivity index (χ4v) is 0.750. The highest BCUT2D eigenvalue weighted by Gasteiger charge is 1.97. The molecule has 0 aliphatic heterocycles. The number of amidine groups is 1. The Kier molecular flexibility index (Phi) is 4.27. The molecule has 0 unspecified atom stereocenters. The summed E-state index contributed by atoms with van der Waals surface area (Å²) in [6, 6.07) is 0. The molecule has 0 aromatic carbocycles. The first kappa shape index (κ1) is 9.95. The highest BCUT2D eigenvalue weighted by molar-refractivity contribution is 5.80. The Hall–Kier alpha value is -1.05. The van der Waals surface area contributed by atoms with E-state index >= 15 is 0 Å². The van der Waals surface area contributed by atoms with Gasteiger partial charge in [0.2, 0.25) is 0 Å². The van der Waals surface area contributed by atoms with Gasteiger partial charge in [0.1, 0.15) is 5.84 Å². The fourth-order valence-electron chi connectivity index (χ4n) is 0.750. The standard InChI is InChI=1S/C9H16N2/c1-6-10-9(4)11(5)7-8(2)3/h6H,1-2,7H2,3-5H3. The smallest absolute Gasteiger partial charge is 0.101 e. The van der Waals surface area contributed by atoms with Gasteiger partial charge in [0.05, 0.1) is 0 Å². The number of nitrogens with zero attached hydrogens (tertiary/aromatic N) is 2. The molecule has 0 N–H and O–H groups in total. The number of likely N-dealkylation sites (N-methyl/N-ethyl adjacent to an activating group) is 1. The summed E-state index contributed by atoms with van der Waals surface area (Å²) in [6.07, 6.45) is 1.55. The van der Waals surface area contributed by atoms with E-state index in [9.17, 15) is 0 Å². The first-order valence-electron chi connectivity index (χ1n) is 3.58. The Bertz CT molecular complexity index is 180. The van der Waals surface area contributed by atoms with Gasteiger partial charge in [0.25, 0.3) is 0 Å². The average molecular weight is 152 g/mol. The lowest BCUT2D eigenvalue weighted by Crippen LogP contribution is -2.25. The van der Waals surface area contributed by atoms with Crippen molar-refractivity contribution >= 4 is 5.84 Å². The lowest BCUT2D eigenvalue weighted by Gasteiger charge is -2.17. The van der Waals surface area contributed by atoms with Crippen LogP contribution in [0.1, 0.15) is 13.8 Å². The molecule has 0 aliphatic carbocycles. The van der Waals surface area contributed by atoms with E-state index in [4.69, 9.17) is 0 Å². The molecule has 0 atom stereocenters. The summed E-state index contributed by atoms with van der Waals surface area (Å²) >= 11 is 0. The van der Waals surface area contributed by atoms with E-state index < -0.39 is 0 Å². The number of hydrogen-bond donors (Lipinski definition) is 0. The second-order valence-electron chi connectivity index (χ2n) is 2.67. The molecule has 2 nitrogen and oxygen atoms in total. The minimum atomic E-state index is 0.850. The van der Waals surface area contributed by atoms with Crippen LogP contribution >= 0.6 is 0 Å². The van der Waals surface area contributed by atoms with Gasteiger partial charge in [-0.3, -0.25) is 0 Å². The first-order valence-corrected chi connectivity index (χ1v) is 3.58. The van der Waals surface area contributed by atoms with Gasteiger partial charge in [0, 0.05) is 19.8 Å². The van der Waals surface area contributed by atoms with Crippen molar-refractivity contribution in [2.75, 3.05) is 13.6 Å². The molecule has 0 rings (SSSR count). The molecule has 0 saturated carbocycles. The molecule has 0 fully saturated rings. The summed E-state index contributed by atoms with van der Waals surface area (Å²) in [6.45, 7) is 12.1. The van der Waals surface area contributed by atoms with Crippen molar-refractivity contribution in [2.24, 2.45) is 4.99 Å². The molecule has 0 saturated heterocycles. The summed E-state index contributed by atoms with van der Waals surface area (Å²) in [5.74, 6) is 0.961. The molecule has 0 aliphatic rings. The Morgan fingerprint density at radius 2 is 2.09 bits per heavy atom. The van der Waals surface area contributed by atoms with Gasteiger partial charge >= 0.3 is 0 Å². The van der Waals surface area contributed by atoms with Gasteiger partial charge < -0.3 is 4.90 Å². The highest BCUT2D eigenvalue weighted by Crippen LogP contribution is 1.94. The minimum absolute atomic E-state index is 0.850. The van der Waals surface area contributed by atoms with E-state index in [1.54, 1.807) is 6.20 Å². The number of aliphatic imine (C=N–C) groups is 1. The van der Waals surface area contributed by atoms with Gasteiger partial charge in [-0.05, 0) is 13.8 Å². The zero-order chi connectivity index (χ0) is 8.85. The van der Waals surface area contributed by atoms with Crippen molar-refractivity contribution in [3.63, 3.8) is 0 Å². The van der Waals surface area contributed by atoms with Crippen molar-refractivity contribution in [3.05, 3.63) is 24.9 Å². The third kappa shape index (κ3) is 4.37. The Morgan fingerprint density at radius 3 is 2.45 bits per heavy atom. The van der Waals surface area contributed by atoms with Crippen molar-refractivity contribution in [1.82, 2.24) is 4.90 Å². The van der Waals surface area contributed by atoms with Crippen LogP contribution in [0.15, 0.2) is 29.9 Å². The minimum Gasteiger partial charge on any atom is -0.359 e. The Labute approximate surface area is 68.9 Å². The maximum Gasteiger partial charge on any atom is 0.101 e. The highest BCUT2D eigenvalue weighted by atomic mass is 15.1. The largest absolute Gasteiger partial charge is 0.359 e. The third-order valence-corrected chi connectivity index (χ3v) is 1.34. The molecule has 0 amide bonds. The molecule has 62 valence electrons. The van der Waals surface area contributed by atoms with Gasteiger partial charge in [-0.15, -0.1) is 0 Å². The second kappa shape index (κ2) is 4.72. The maximum atomic E-state index is 4.04. The van der Waals surface area contributed by atoms with Crippen molar-refractivity contribution < 1.29 is 0 Å². The van der Waals surface area contributed by atoms with Crippen LogP contribution in [0, 0.1) is 0 Å². The summed E-state index contributed by atoms with van der Waals surface area (Å²) in [4.78, 5) is 6.07. The summed E-state index contributed by atoms with van der Waals surface area (Å²) < 4.78 is 0. The van der Waals surface area contributed by atoms with E-state index in [-0.39, 0.29) is 0 Å². The van der Waals surface area contributed by atoms with Gasteiger partial charge in [-0.25, -0.2) is 4.99 Å². The lowest BCUT2D eigenvalue weighted by atomic mass is 10.3. The maximum absolute atomic E-state index is 4.04.